The van der Waals surface area contributed by atoms with Gasteiger partial charge in [0, 0.05) is 12.0 Å². The molecule has 0 aliphatic carbocycles. The minimum absolute atomic E-state index is 0.374. The maximum absolute atomic E-state index is 10.1. The van der Waals surface area contributed by atoms with E-state index in [-0.39, 0.29) is 0 Å². The van der Waals surface area contributed by atoms with E-state index in [0.717, 1.165) is 17.4 Å². The van der Waals surface area contributed by atoms with E-state index in [1.165, 1.54) is 16.5 Å². The fraction of sp³-hybridized carbons (Fsp3) is 0.111. The highest BCUT2D eigenvalue weighted by Crippen LogP contribution is 2.29. The number of rotatable bonds is 2. The van der Waals surface area contributed by atoms with E-state index < -0.39 is 0 Å². The van der Waals surface area contributed by atoms with Crippen LogP contribution in [0.25, 0.3) is 10.8 Å². The van der Waals surface area contributed by atoms with Crippen LogP contribution in [0.5, 0.6) is 5.75 Å². The molecule has 19 heavy (non-hydrogen) atoms. The summed E-state index contributed by atoms with van der Waals surface area (Å²) in [6.07, 6.45) is 0.757. The summed E-state index contributed by atoms with van der Waals surface area (Å²) in [6, 6.07) is 20.4. The van der Waals surface area contributed by atoms with E-state index in [9.17, 15) is 5.11 Å². The van der Waals surface area contributed by atoms with E-state index in [0.29, 0.717) is 5.75 Å². The Balaban J connectivity index is 2.09. The van der Waals surface area contributed by atoms with Gasteiger partial charge in [-0.15, -0.1) is 0 Å². The Kier molecular flexibility index (Phi) is 2.96. The molecular weight excluding hydrogens is 232 g/mol. The van der Waals surface area contributed by atoms with Gasteiger partial charge >= 0.3 is 0 Å². The number of phenols is 1. The fourth-order valence-electron chi connectivity index (χ4n) is 2.42. The third kappa shape index (κ3) is 2.32. The lowest BCUT2D eigenvalue weighted by Crippen LogP contribution is -1.91. The van der Waals surface area contributed by atoms with Crippen molar-refractivity contribution in [3.8, 4) is 5.75 Å². The van der Waals surface area contributed by atoms with Gasteiger partial charge in [-0.3, -0.25) is 0 Å². The molecule has 94 valence electrons. The van der Waals surface area contributed by atoms with Crippen LogP contribution in [-0.4, -0.2) is 5.11 Å². The first-order chi connectivity index (χ1) is 9.24. The molecule has 0 aromatic heterocycles. The zero-order valence-electron chi connectivity index (χ0n) is 10.9. The number of aromatic hydroxyl groups is 1. The Labute approximate surface area is 113 Å². The summed E-state index contributed by atoms with van der Waals surface area (Å²) in [5, 5.41) is 12.4. The molecule has 0 atom stereocenters. The second-order valence-corrected chi connectivity index (χ2v) is 4.95. The Bertz CT molecular complexity index is 711. The third-order valence-electron chi connectivity index (χ3n) is 3.52. The topological polar surface area (TPSA) is 20.2 Å². The van der Waals surface area contributed by atoms with Crippen molar-refractivity contribution >= 4 is 10.8 Å². The molecule has 3 aromatic carbocycles. The van der Waals surface area contributed by atoms with Gasteiger partial charge in [-0.05, 0) is 29.3 Å². The van der Waals surface area contributed by atoms with E-state index >= 15 is 0 Å². The van der Waals surface area contributed by atoms with Gasteiger partial charge in [-0.25, -0.2) is 0 Å². The van der Waals surface area contributed by atoms with Gasteiger partial charge in [0.05, 0.1) is 0 Å². The standard InChI is InChI=1S/C18H16O/c1-13-6-8-14(9-7-13)12-17-16-5-3-2-4-15(16)10-11-18(17)19/h2-11,19H,12H2,1H3. The first-order valence-electron chi connectivity index (χ1n) is 6.49. The Morgan fingerprint density at radius 1 is 0.842 bits per heavy atom. The lowest BCUT2D eigenvalue weighted by Gasteiger charge is -2.09. The summed E-state index contributed by atoms with van der Waals surface area (Å²) < 4.78 is 0. The van der Waals surface area contributed by atoms with Crippen molar-refractivity contribution in [2.75, 3.05) is 0 Å². The van der Waals surface area contributed by atoms with Crippen molar-refractivity contribution in [1.29, 1.82) is 0 Å². The zero-order valence-corrected chi connectivity index (χ0v) is 10.9. The molecule has 0 fully saturated rings. The number of phenolic OH excluding ortho intramolecular Hbond substituents is 1. The van der Waals surface area contributed by atoms with Crippen LogP contribution in [-0.2, 0) is 6.42 Å². The summed E-state index contributed by atoms with van der Waals surface area (Å²) in [7, 11) is 0. The average molecular weight is 248 g/mol. The minimum Gasteiger partial charge on any atom is -0.508 e. The fourth-order valence-corrected chi connectivity index (χ4v) is 2.42. The smallest absolute Gasteiger partial charge is 0.119 e. The van der Waals surface area contributed by atoms with Gasteiger partial charge in [0.25, 0.3) is 0 Å². The normalized spacial score (nSPS) is 10.8. The highest BCUT2D eigenvalue weighted by molar-refractivity contribution is 5.88. The molecule has 1 N–H and O–H groups in total. The third-order valence-corrected chi connectivity index (χ3v) is 3.52. The van der Waals surface area contributed by atoms with Crippen LogP contribution in [0.15, 0.2) is 60.7 Å². The molecule has 0 heterocycles. The summed E-state index contributed by atoms with van der Waals surface area (Å²) in [6.45, 7) is 2.08. The molecule has 0 radical (unpaired) electrons. The Morgan fingerprint density at radius 3 is 2.37 bits per heavy atom. The van der Waals surface area contributed by atoms with Gasteiger partial charge in [0.1, 0.15) is 5.75 Å². The largest absolute Gasteiger partial charge is 0.508 e. The van der Waals surface area contributed by atoms with Crippen molar-refractivity contribution in [2.45, 2.75) is 13.3 Å². The van der Waals surface area contributed by atoms with E-state index in [2.05, 4.69) is 43.3 Å². The monoisotopic (exact) mass is 248 g/mol. The van der Waals surface area contributed by atoms with Crippen molar-refractivity contribution in [3.05, 3.63) is 77.4 Å². The predicted octanol–water partition coefficient (Wildman–Crippen LogP) is 4.44. The maximum atomic E-state index is 10.1. The van der Waals surface area contributed by atoms with Crippen LogP contribution in [0.2, 0.25) is 0 Å². The first-order valence-corrected chi connectivity index (χ1v) is 6.49. The summed E-state index contributed by atoms with van der Waals surface area (Å²) in [5.74, 6) is 0.374. The van der Waals surface area contributed by atoms with Crippen LogP contribution < -0.4 is 0 Å². The van der Waals surface area contributed by atoms with Gasteiger partial charge < -0.3 is 5.11 Å². The SMILES string of the molecule is Cc1ccc(Cc2c(O)ccc3ccccc23)cc1. The quantitative estimate of drug-likeness (QED) is 0.710. The molecular formula is C18H16O. The Hall–Kier alpha value is -2.28. The molecule has 0 saturated carbocycles. The number of hydrogen-bond donors (Lipinski definition) is 1. The molecule has 3 rings (SSSR count). The molecule has 0 aliphatic rings. The van der Waals surface area contributed by atoms with E-state index in [1.54, 1.807) is 6.07 Å². The molecule has 1 heteroatoms. The molecule has 3 aromatic rings. The van der Waals surface area contributed by atoms with Crippen molar-refractivity contribution in [2.24, 2.45) is 0 Å². The average Bonchev–Trinajstić information content (AvgIpc) is 2.44. The molecule has 0 unspecified atom stereocenters. The van der Waals surface area contributed by atoms with Crippen LogP contribution in [0.1, 0.15) is 16.7 Å². The highest BCUT2D eigenvalue weighted by atomic mass is 16.3. The van der Waals surface area contributed by atoms with Gasteiger partial charge in [-0.1, -0.05) is 60.2 Å². The number of fused-ring (bicyclic) bond motifs is 1. The molecule has 0 spiro atoms. The highest BCUT2D eigenvalue weighted by Gasteiger charge is 2.07. The number of hydrogen-bond acceptors (Lipinski definition) is 1. The first kappa shape index (κ1) is 11.8. The lowest BCUT2D eigenvalue weighted by atomic mass is 9.97. The second kappa shape index (κ2) is 4.77. The minimum atomic E-state index is 0.374. The predicted molar refractivity (Wildman–Crippen MR) is 79.6 cm³/mol. The van der Waals surface area contributed by atoms with E-state index in [4.69, 9.17) is 0 Å². The van der Waals surface area contributed by atoms with Crippen LogP contribution in [0.4, 0.5) is 0 Å². The Morgan fingerprint density at radius 2 is 1.58 bits per heavy atom. The van der Waals surface area contributed by atoms with Gasteiger partial charge in [0.15, 0.2) is 0 Å². The maximum Gasteiger partial charge on any atom is 0.119 e. The molecule has 0 aliphatic heterocycles. The van der Waals surface area contributed by atoms with Crippen molar-refractivity contribution in [1.82, 2.24) is 0 Å². The van der Waals surface area contributed by atoms with E-state index in [1.807, 2.05) is 18.2 Å². The second-order valence-electron chi connectivity index (χ2n) is 4.95. The molecule has 0 saturated heterocycles. The lowest BCUT2D eigenvalue weighted by molar-refractivity contribution is 0.470. The van der Waals surface area contributed by atoms with Crippen LogP contribution in [0, 0.1) is 6.92 Å². The molecule has 0 amide bonds. The summed E-state index contributed by atoms with van der Waals surface area (Å²) in [4.78, 5) is 0. The van der Waals surface area contributed by atoms with Crippen LogP contribution >= 0.6 is 0 Å². The van der Waals surface area contributed by atoms with Gasteiger partial charge in [-0.2, -0.15) is 0 Å². The number of benzene rings is 3. The number of aryl methyl sites for hydroxylation is 1. The summed E-state index contributed by atoms with van der Waals surface area (Å²) >= 11 is 0. The molecule has 0 bridgehead atoms. The molecule has 1 nitrogen and oxygen atoms in total. The van der Waals surface area contributed by atoms with Crippen LogP contribution in [0.3, 0.4) is 0 Å². The van der Waals surface area contributed by atoms with Crippen molar-refractivity contribution < 1.29 is 5.11 Å². The summed E-state index contributed by atoms with van der Waals surface area (Å²) in [5.41, 5.74) is 3.48. The van der Waals surface area contributed by atoms with Gasteiger partial charge in [0.2, 0.25) is 0 Å². The zero-order chi connectivity index (χ0) is 13.2. The van der Waals surface area contributed by atoms with Crippen molar-refractivity contribution in [3.63, 3.8) is 0 Å².